The van der Waals surface area contributed by atoms with Crippen molar-refractivity contribution in [2.75, 3.05) is 48.0 Å². The molecule has 1 aromatic carbocycles. The van der Waals surface area contributed by atoms with Crippen molar-refractivity contribution in [2.24, 2.45) is 5.92 Å². The zero-order chi connectivity index (χ0) is 22.4. The fourth-order valence-electron chi connectivity index (χ4n) is 5.27. The van der Waals surface area contributed by atoms with Gasteiger partial charge < -0.3 is 19.3 Å². The molecule has 7 nitrogen and oxygen atoms in total. The predicted molar refractivity (Wildman–Crippen MR) is 120 cm³/mol. The van der Waals surface area contributed by atoms with Gasteiger partial charge in [-0.2, -0.15) is 0 Å². The molecular weight excluding hydrogens is 396 g/mol. The Kier molecular flexibility index (Phi) is 8.58. The third-order valence-electron chi connectivity index (χ3n) is 6.82. The van der Waals surface area contributed by atoms with E-state index in [4.69, 9.17) is 14.2 Å². The molecule has 0 spiro atoms. The number of nitrogens with zero attached hydrogens (tertiary/aromatic N) is 2. The molecule has 31 heavy (non-hydrogen) atoms. The average Bonchev–Trinajstić information content (AvgIpc) is 3.22. The summed E-state index contributed by atoms with van der Waals surface area (Å²) in [5.74, 6) is 0.929. The number of likely N-dealkylation sites (N-methyl/N-ethyl adjacent to an activating group) is 1. The van der Waals surface area contributed by atoms with Crippen molar-refractivity contribution >= 4 is 5.97 Å². The van der Waals surface area contributed by atoms with Crippen LogP contribution in [0.3, 0.4) is 0 Å². The van der Waals surface area contributed by atoms with Crippen LogP contribution in [0.25, 0.3) is 0 Å². The molecule has 7 heteroatoms. The molecule has 1 aliphatic carbocycles. The van der Waals surface area contributed by atoms with Gasteiger partial charge in [0.1, 0.15) is 6.04 Å². The van der Waals surface area contributed by atoms with Crippen molar-refractivity contribution in [3.8, 4) is 11.5 Å². The second-order valence-corrected chi connectivity index (χ2v) is 8.99. The van der Waals surface area contributed by atoms with Crippen LogP contribution in [0, 0.1) is 5.92 Å². The second kappa shape index (κ2) is 11.2. The van der Waals surface area contributed by atoms with Crippen molar-refractivity contribution in [1.82, 2.24) is 9.80 Å². The van der Waals surface area contributed by atoms with Gasteiger partial charge in [0.25, 0.3) is 0 Å². The molecule has 0 bridgehead atoms. The Morgan fingerprint density at radius 2 is 1.90 bits per heavy atom. The minimum absolute atomic E-state index is 0.168. The predicted octanol–water partition coefficient (Wildman–Crippen LogP) is 2.91. The van der Waals surface area contributed by atoms with E-state index in [0.29, 0.717) is 12.6 Å². The molecule has 1 saturated heterocycles. The SMILES string of the molecule is COc1ccc(CCO[C@@H]2CCCC[C@@H]2N2CCC(C(C(=O)O)N(C)C)C2)cc1OC. The number of hydrogen-bond acceptors (Lipinski definition) is 6. The number of carboxylic acid groups (broad SMARTS) is 1. The summed E-state index contributed by atoms with van der Waals surface area (Å²) in [5, 5.41) is 9.65. The van der Waals surface area contributed by atoms with Crippen LogP contribution >= 0.6 is 0 Å². The molecular formula is C24H38N2O5. The highest BCUT2D eigenvalue weighted by molar-refractivity contribution is 5.74. The van der Waals surface area contributed by atoms with Crippen LogP contribution in [-0.4, -0.2) is 87.1 Å². The number of carbonyl (C=O) groups is 1. The molecule has 0 amide bonds. The lowest BCUT2D eigenvalue weighted by Gasteiger charge is -2.38. The number of hydrogen-bond donors (Lipinski definition) is 1. The Labute approximate surface area is 186 Å². The molecule has 0 aromatic heterocycles. The molecule has 1 heterocycles. The van der Waals surface area contributed by atoms with Crippen molar-refractivity contribution in [2.45, 2.75) is 56.7 Å². The number of carboxylic acids is 1. The van der Waals surface area contributed by atoms with Gasteiger partial charge in [-0.25, -0.2) is 0 Å². The second-order valence-electron chi connectivity index (χ2n) is 8.99. The van der Waals surface area contributed by atoms with Gasteiger partial charge in [-0.3, -0.25) is 14.6 Å². The van der Waals surface area contributed by atoms with E-state index in [2.05, 4.69) is 11.0 Å². The van der Waals surface area contributed by atoms with E-state index in [1.165, 1.54) is 18.4 Å². The van der Waals surface area contributed by atoms with Gasteiger partial charge in [-0.1, -0.05) is 18.9 Å². The van der Waals surface area contributed by atoms with Gasteiger partial charge in [-0.15, -0.1) is 0 Å². The summed E-state index contributed by atoms with van der Waals surface area (Å²) in [6.45, 7) is 2.47. The van der Waals surface area contributed by atoms with Crippen molar-refractivity contribution in [1.29, 1.82) is 0 Å². The van der Waals surface area contributed by atoms with Crippen LogP contribution in [0.15, 0.2) is 18.2 Å². The zero-order valence-electron chi connectivity index (χ0n) is 19.4. The Morgan fingerprint density at radius 3 is 2.58 bits per heavy atom. The van der Waals surface area contributed by atoms with Crippen LogP contribution in [-0.2, 0) is 16.0 Å². The van der Waals surface area contributed by atoms with Crippen LogP contribution in [0.5, 0.6) is 11.5 Å². The maximum Gasteiger partial charge on any atom is 0.321 e. The number of aliphatic carboxylic acids is 1. The van der Waals surface area contributed by atoms with E-state index in [-0.39, 0.29) is 12.0 Å². The lowest BCUT2D eigenvalue weighted by molar-refractivity contribution is -0.144. The number of rotatable bonds is 10. The first kappa shape index (κ1) is 23.8. The summed E-state index contributed by atoms with van der Waals surface area (Å²) in [6.07, 6.45) is 6.61. The normalized spacial score (nSPS) is 25.5. The molecule has 0 radical (unpaired) electrons. The first-order chi connectivity index (χ1) is 14.9. The minimum Gasteiger partial charge on any atom is -0.493 e. The number of ether oxygens (including phenoxy) is 3. The molecule has 2 aliphatic rings. The van der Waals surface area contributed by atoms with Crippen LogP contribution in [0.4, 0.5) is 0 Å². The summed E-state index contributed by atoms with van der Waals surface area (Å²) in [6, 6.07) is 5.98. The molecule has 1 aliphatic heterocycles. The Bertz CT molecular complexity index is 726. The molecule has 3 rings (SSSR count). The van der Waals surface area contributed by atoms with Gasteiger partial charge in [0.15, 0.2) is 11.5 Å². The first-order valence-corrected chi connectivity index (χ1v) is 11.4. The number of likely N-dealkylation sites (tertiary alicyclic amines) is 1. The summed E-state index contributed by atoms with van der Waals surface area (Å²) >= 11 is 0. The van der Waals surface area contributed by atoms with Crippen LogP contribution < -0.4 is 9.47 Å². The van der Waals surface area contributed by atoms with E-state index < -0.39 is 12.0 Å². The smallest absolute Gasteiger partial charge is 0.321 e. The van der Waals surface area contributed by atoms with Gasteiger partial charge in [-0.05, 0) is 69.9 Å². The zero-order valence-corrected chi connectivity index (χ0v) is 19.4. The molecule has 174 valence electrons. The number of methoxy groups -OCH3 is 2. The maximum atomic E-state index is 11.7. The van der Waals surface area contributed by atoms with Crippen molar-refractivity contribution in [3.05, 3.63) is 23.8 Å². The van der Waals surface area contributed by atoms with Crippen molar-refractivity contribution in [3.63, 3.8) is 0 Å². The van der Waals surface area contributed by atoms with Gasteiger partial charge in [0.2, 0.25) is 0 Å². The standard InChI is InChI=1S/C24H38N2O5/c1-25(2)23(24(27)28)18-11-13-26(16-18)19-7-5-6-8-20(19)31-14-12-17-9-10-21(29-3)22(15-17)30-4/h9-10,15,18-20,23H,5-8,11-14,16H2,1-4H3,(H,27,28)/t18?,19-,20+,23?/m0/s1. The fourth-order valence-corrected chi connectivity index (χ4v) is 5.27. The van der Waals surface area contributed by atoms with Gasteiger partial charge >= 0.3 is 5.97 Å². The van der Waals surface area contributed by atoms with E-state index in [1.807, 2.05) is 31.1 Å². The highest BCUT2D eigenvalue weighted by atomic mass is 16.5. The van der Waals surface area contributed by atoms with Gasteiger partial charge in [0, 0.05) is 12.6 Å². The van der Waals surface area contributed by atoms with E-state index in [0.717, 1.165) is 50.3 Å². The van der Waals surface area contributed by atoms with Crippen LogP contribution in [0.2, 0.25) is 0 Å². The van der Waals surface area contributed by atoms with E-state index in [1.54, 1.807) is 14.2 Å². The molecule has 1 saturated carbocycles. The number of benzene rings is 1. The highest BCUT2D eigenvalue weighted by Gasteiger charge is 2.40. The Hall–Kier alpha value is -1.83. The maximum absolute atomic E-state index is 11.7. The fraction of sp³-hybridized carbons (Fsp3) is 0.708. The molecule has 1 N–H and O–H groups in total. The topological polar surface area (TPSA) is 71.5 Å². The third-order valence-corrected chi connectivity index (χ3v) is 6.82. The van der Waals surface area contributed by atoms with Gasteiger partial charge in [0.05, 0.1) is 26.9 Å². The summed E-state index contributed by atoms with van der Waals surface area (Å²) in [5.41, 5.74) is 1.17. The molecule has 4 atom stereocenters. The lowest BCUT2D eigenvalue weighted by Crippen LogP contribution is -2.48. The molecule has 2 unspecified atom stereocenters. The summed E-state index contributed by atoms with van der Waals surface area (Å²) in [7, 11) is 7.02. The average molecular weight is 435 g/mol. The quantitative estimate of drug-likeness (QED) is 0.607. The Balaban J connectivity index is 1.56. The largest absolute Gasteiger partial charge is 0.493 e. The summed E-state index contributed by atoms with van der Waals surface area (Å²) < 4.78 is 17.1. The lowest BCUT2D eigenvalue weighted by atomic mass is 9.91. The van der Waals surface area contributed by atoms with E-state index >= 15 is 0 Å². The van der Waals surface area contributed by atoms with Crippen molar-refractivity contribution < 1.29 is 24.1 Å². The van der Waals surface area contributed by atoms with Crippen LogP contribution in [0.1, 0.15) is 37.7 Å². The monoisotopic (exact) mass is 434 g/mol. The third kappa shape index (κ3) is 5.90. The Morgan fingerprint density at radius 1 is 1.16 bits per heavy atom. The summed E-state index contributed by atoms with van der Waals surface area (Å²) in [4.78, 5) is 16.1. The first-order valence-electron chi connectivity index (χ1n) is 11.4. The molecule has 1 aromatic rings. The van der Waals surface area contributed by atoms with E-state index in [9.17, 15) is 9.90 Å². The minimum atomic E-state index is -0.719. The highest BCUT2D eigenvalue weighted by Crippen LogP contribution is 2.32. The molecule has 2 fully saturated rings.